The molecule has 0 aromatic heterocycles. The van der Waals surface area contributed by atoms with Crippen LogP contribution >= 0.6 is 15.9 Å². The number of allylic oxidation sites excluding steroid dienone is 5. The highest BCUT2D eigenvalue weighted by Crippen LogP contribution is 2.47. The fraction of sp³-hybridized carbons (Fsp3) is 0.182. The molecule has 1 unspecified atom stereocenters. The summed E-state index contributed by atoms with van der Waals surface area (Å²) >= 11 is 3.86. The molecule has 2 nitrogen and oxygen atoms in total. The maximum absolute atomic E-state index is 13.3. The largest absolute Gasteiger partial charge is 0.353 e. The molecular formula is C33H28BrNO. The van der Waals surface area contributed by atoms with E-state index in [2.05, 4.69) is 93.8 Å². The van der Waals surface area contributed by atoms with Crippen LogP contribution in [0.3, 0.4) is 0 Å². The lowest BCUT2D eigenvalue weighted by atomic mass is 9.73. The fourth-order valence-electron chi connectivity index (χ4n) is 6.03. The van der Waals surface area contributed by atoms with Gasteiger partial charge in [0.15, 0.2) is 11.8 Å². The predicted molar refractivity (Wildman–Crippen MR) is 152 cm³/mol. The second kappa shape index (κ2) is 9.55. The van der Waals surface area contributed by atoms with Crippen molar-refractivity contribution in [2.24, 2.45) is 0 Å². The predicted octanol–water partition coefficient (Wildman–Crippen LogP) is 7.58. The van der Waals surface area contributed by atoms with Gasteiger partial charge in [0.25, 0.3) is 0 Å². The van der Waals surface area contributed by atoms with E-state index in [4.69, 9.17) is 0 Å². The Bertz CT molecular complexity index is 1450. The van der Waals surface area contributed by atoms with Crippen LogP contribution in [0.15, 0.2) is 108 Å². The van der Waals surface area contributed by atoms with Crippen LogP contribution < -0.4 is 0 Å². The lowest BCUT2D eigenvalue weighted by Crippen LogP contribution is -2.49. The molecule has 3 aromatic rings. The Labute approximate surface area is 221 Å². The normalized spacial score (nSPS) is 20.3. The first-order valence-electron chi connectivity index (χ1n) is 12.6. The summed E-state index contributed by atoms with van der Waals surface area (Å²) in [4.78, 5) is 15.5. The number of aryl methyl sites for hydroxylation is 1. The van der Waals surface area contributed by atoms with Gasteiger partial charge in [0, 0.05) is 17.2 Å². The summed E-state index contributed by atoms with van der Waals surface area (Å²) in [6, 6.07) is 23.7. The maximum atomic E-state index is 13.3. The number of benzene rings is 3. The summed E-state index contributed by atoms with van der Waals surface area (Å²) < 4.78 is 0.851. The van der Waals surface area contributed by atoms with E-state index < -0.39 is 5.54 Å². The van der Waals surface area contributed by atoms with Crippen molar-refractivity contribution in [1.82, 2.24) is 4.90 Å². The van der Waals surface area contributed by atoms with E-state index in [0.29, 0.717) is 6.54 Å². The molecule has 1 heterocycles. The van der Waals surface area contributed by atoms with Crippen LogP contribution in [0.25, 0.3) is 16.7 Å². The van der Waals surface area contributed by atoms with Crippen molar-refractivity contribution in [3.63, 3.8) is 0 Å². The summed E-state index contributed by atoms with van der Waals surface area (Å²) in [5.74, 6) is 0. The zero-order chi connectivity index (χ0) is 24.5. The van der Waals surface area contributed by atoms with Gasteiger partial charge < -0.3 is 4.90 Å². The standard InChI is InChI=1S/C33H28BrNO/c34-32-16-5-2-8-21-35(22-24-10-3-1-4-11-24)33(32,23-36)31-15-9-14-27-29-18-17-25-12-6-7-13-26(25)28(29)19-20-30(27)31/h1-8,10-13,15-16,19-21,23H,9,14,17-18,22H2. The molecule has 0 N–H and O–H groups in total. The number of rotatable bonds is 4. The van der Waals surface area contributed by atoms with E-state index in [9.17, 15) is 4.79 Å². The second-order valence-corrected chi connectivity index (χ2v) is 10.5. The Morgan fingerprint density at radius 3 is 2.44 bits per heavy atom. The van der Waals surface area contributed by atoms with Gasteiger partial charge in [-0.15, -0.1) is 0 Å². The summed E-state index contributed by atoms with van der Waals surface area (Å²) in [5, 5.41) is 0. The van der Waals surface area contributed by atoms with E-state index in [1.807, 2.05) is 30.4 Å². The molecule has 3 heteroatoms. The van der Waals surface area contributed by atoms with Crippen molar-refractivity contribution in [3.8, 4) is 11.1 Å². The quantitative estimate of drug-likeness (QED) is 0.322. The van der Waals surface area contributed by atoms with Gasteiger partial charge in [-0.3, -0.25) is 4.79 Å². The highest BCUT2D eigenvalue weighted by molar-refractivity contribution is 9.11. The van der Waals surface area contributed by atoms with Gasteiger partial charge >= 0.3 is 0 Å². The summed E-state index contributed by atoms with van der Waals surface area (Å²) in [6.07, 6.45) is 17.5. The summed E-state index contributed by atoms with van der Waals surface area (Å²) in [5.41, 5.74) is 9.48. The van der Waals surface area contributed by atoms with Crippen LogP contribution in [0.1, 0.15) is 34.2 Å². The van der Waals surface area contributed by atoms with Crippen molar-refractivity contribution in [2.75, 3.05) is 0 Å². The van der Waals surface area contributed by atoms with E-state index in [-0.39, 0.29) is 0 Å². The Hall–Kier alpha value is -3.43. The number of aldehydes is 1. The van der Waals surface area contributed by atoms with Crippen molar-refractivity contribution < 1.29 is 4.79 Å². The molecule has 178 valence electrons. The molecule has 0 saturated heterocycles. The van der Waals surface area contributed by atoms with Crippen LogP contribution in [0, 0.1) is 0 Å². The number of fused-ring (bicyclic) bond motifs is 5. The Kier molecular flexibility index (Phi) is 6.10. The molecule has 0 amide bonds. The van der Waals surface area contributed by atoms with Crippen molar-refractivity contribution in [2.45, 2.75) is 37.8 Å². The highest BCUT2D eigenvalue weighted by Gasteiger charge is 2.44. The van der Waals surface area contributed by atoms with E-state index in [1.165, 1.54) is 33.4 Å². The molecule has 0 saturated carbocycles. The molecule has 1 atom stereocenters. The molecule has 1 aliphatic heterocycles. The van der Waals surface area contributed by atoms with Gasteiger partial charge in [-0.1, -0.05) is 101 Å². The molecule has 0 bridgehead atoms. The van der Waals surface area contributed by atoms with Crippen LogP contribution in [0.2, 0.25) is 0 Å². The third-order valence-corrected chi connectivity index (χ3v) is 8.61. The van der Waals surface area contributed by atoms with Gasteiger partial charge in [0.1, 0.15) is 0 Å². The minimum absolute atomic E-state index is 0.623. The number of nitrogens with zero attached hydrogens (tertiary/aromatic N) is 1. The number of carbonyl (C=O) groups excluding carboxylic acids is 1. The van der Waals surface area contributed by atoms with E-state index in [0.717, 1.165) is 47.6 Å². The molecule has 0 radical (unpaired) electrons. The summed E-state index contributed by atoms with van der Waals surface area (Å²) in [7, 11) is 0. The average Bonchev–Trinajstić information content (AvgIpc) is 2.92. The lowest BCUT2D eigenvalue weighted by molar-refractivity contribution is -0.112. The molecule has 0 spiro atoms. The second-order valence-electron chi connectivity index (χ2n) is 9.67. The van der Waals surface area contributed by atoms with Crippen LogP contribution in [-0.2, 0) is 30.6 Å². The van der Waals surface area contributed by atoms with Crippen molar-refractivity contribution >= 4 is 27.8 Å². The molecule has 3 aromatic carbocycles. The third kappa shape index (κ3) is 3.74. The SMILES string of the molecule is O=CC1(C2=CCCc3c2ccc2c3CCc3ccccc3-2)C(Br)=CC=CC=CN1Cc1ccccc1. The first kappa shape index (κ1) is 23.0. The van der Waals surface area contributed by atoms with Crippen molar-refractivity contribution in [3.05, 3.63) is 136 Å². The van der Waals surface area contributed by atoms with E-state index in [1.54, 1.807) is 0 Å². The maximum Gasteiger partial charge on any atom is 0.155 e. The average molecular weight is 534 g/mol. The number of halogens is 1. The van der Waals surface area contributed by atoms with Gasteiger partial charge in [-0.2, -0.15) is 0 Å². The molecule has 36 heavy (non-hydrogen) atoms. The summed E-state index contributed by atoms with van der Waals surface area (Å²) in [6.45, 7) is 0.623. The van der Waals surface area contributed by atoms with E-state index >= 15 is 0 Å². The molecular weight excluding hydrogens is 506 g/mol. The zero-order valence-electron chi connectivity index (χ0n) is 20.2. The first-order chi connectivity index (χ1) is 17.7. The van der Waals surface area contributed by atoms with Crippen LogP contribution in [-0.4, -0.2) is 16.7 Å². The lowest BCUT2D eigenvalue weighted by Gasteiger charge is -2.44. The van der Waals surface area contributed by atoms with Gasteiger partial charge in [0.05, 0.1) is 0 Å². The Morgan fingerprint density at radius 1 is 0.806 bits per heavy atom. The third-order valence-electron chi connectivity index (χ3n) is 7.74. The van der Waals surface area contributed by atoms with Crippen molar-refractivity contribution in [1.29, 1.82) is 0 Å². The topological polar surface area (TPSA) is 20.3 Å². The zero-order valence-corrected chi connectivity index (χ0v) is 21.7. The molecule has 3 aliphatic rings. The minimum atomic E-state index is -0.951. The smallest absolute Gasteiger partial charge is 0.155 e. The molecule has 6 rings (SSSR count). The number of hydrogen-bond acceptors (Lipinski definition) is 2. The van der Waals surface area contributed by atoms with Crippen LogP contribution in [0.4, 0.5) is 0 Å². The Morgan fingerprint density at radius 2 is 1.58 bits per heavy atom. The number of hydrogen-bond donors (Lipinski definition) is 0. The monoisotopic (exact) mass is 533 g/mol. The number of carbonyl (C=O) groups is 1. The highest BCUT2D eigenvalue weighted by atomic mass is 79.9. The fourth-order valence-corrected chi connectivity index (χ4v) is 6.72. The van der Waals surface area contributed by atoms with Crippen LogP contribution in [0.5, 0.6) is 0 Å². The molecule has 2 aliphatic carbocycles. The Balaban J connectivity index is 1.52. The minimum Gasteiger partial charge on any atom is -0.353 e. The van der Waals surface area contributed by atoms with Gasteiger partial charge in [-0.05, 0) is 82.4 Å². The molecule has 0 fully saturated rings. The van der Waals surface area contributed by atoms with Gasteiger partial charge in [0.2, 0.25) is 0 Å². The first-order valence-corrected chi connectivity index (χ1v) is 13.4. The van der Waals surface area contributed by atoms with Gasteiger partial charge in [-0.25, -0.2) is 0 Å².